The van der Waals surface area contributed by atoms with Crippen LogP contribution in [-0.4, -0.2) is 28.7 Å². The smallest absolute Gasteiger partial charge is 0.328 e. The highest BCUT2D eigenvalue weighted by Crippen LogP contribution is 2.01. The molecule has 2 amide bonds. The first-order valence-electron chi connectivity index (χ1n) is 4.61. The number of carboxylic acid groups (broad SMARTS) is 1. The lowest BCUT2D eigenvalue weighted by Gasteiger charge is -2.22. The molecule has 1 unspecified atom stereocenters. The number of amides is 2. The third kappa shape index (κ3) is 4.36. The Morgan fingerprint density at radius 3 is 2.40 bits per heavy atom. The lowest BCUT2D eigenvalue weighted by molar-refractivity contribution is -0.142. The van der Waals surface area contributed by atoms with Gasteiger partial charge in [0.15, 0.2) is 0 Å². The fourth-order valence-electron chi connectivity index (χ4n) is 0.793. The van der Waals surface area contributed by atoms with Gasteiger partial charge in [-0.15, -0.1) is 6.42 Å². The molecule has 0 saturated carbocycles. The number of carboxylic acids is 1. The highest BCUT2D eigenvalue weighted by molar-refractivity contribution is 5.85. The van der Waals surface area contributed by atoms with Gasteiger partial charge in [-0.3, -0.25) is 0 Å². The molecule has 0 rings (SSSR count). The van der Waals surface area contributed by atoms with Crippen molar-refractivity contribution >= 4 is 12.0 Å². The molecule has 0 aromatic heterocycles. The van der Waals surface area contributed by atoms with Crippen molar-refractivity contribution in [1.29, 1.82) is 0 Å². The number of urea groups is 1. The summed E-state index contributed by atoms with van der Waals surface area (Å²) in [5.41, 5.74) is -1.31. The maximum absolute atomic E-state index is 11.3. The van der Waals surface area contributed by atoms with Gasteiger partial charge in [-0.05, 0) is 20.3 Å². The largest absolute Gasteiger partial charge is 0.480 e. The van der Waals surface area contributed by atoms with Gasteiger partial charge in [-0.1, -0.05) is 12.8 Å². The van der Waals surface area contributed by atoms with Crippen molar-refractivity contribution in [2.24, 2.45) is 0 Å². The van der Waals surface area contributed by atoms with E-state index in [0.717, 1.165) is 0 Å². The Labute approximate surface area is 89.2 Å². The van der Waals surface area contributed by atoms with Crippen molar-refractivity contribution in [1.82, 2.24) is 10.6 Å². The first kappa shape index (κ1) is 13.3. The van der Waals surface area contributed by atoms with E-state index in [0.29, 0.717) is 6.42 Å². The predicted molar refractivity (Wildman–Crippen MR) is 56.3 cm³/mol. The maximum atomic E-state index is 11.3. The third-order valence-electron chi connectivity index (χ3n) is 1.88. The fourth-order valence-corrected chi connectivity index (χ4v) is 0.793. The minimum Gasteiger partial charge on any atom is -0.480 e. The van der Waals surface area contributed by atoms with E-state index in [2.05, 4.69) is 16.6 Å². The molecule has 0 aliphatic heterocycles. The van der Waals surface area contributed by atoms with E-state index in [1.165, 1.54) is 13.8 Å². The van der Waals surface area contributed by atoms with E-state index in [1.807, 2.05) is 6.92 Å². The molecule has 0 heterocycles. The van der Waals surface area contributed by atoms with E-state index in [1.54, 1.807) is 0 Å². The predicted octanol–water partition coefficient (Wildman–Crippen LogP) is 0.561. The Morgan fingerprint density at radius 1 is 1.53 bits per heavy atom. The number of aliphatic carboxylic acids is 1. The number of hydrogen-bond donors (Lipinski definition) is 3. The number of hydrogen-bond acceptors (Lipinski definition) is 2. The average Bonchev–Trinajstić information content (AvgIpc) is 2.13. The molecule has 15 heavy (non-hydrogen) atoms. The van der Waals surface area contributed by atoms with Crippen molar-refractivity contribution in [3.05, 3.63) is 0 Å². The van der Waals surface area contributed by atoms with Crippen molar-refractivity contribution in [2.45, 2.75) is 38.8 Å². The Morgan fingerprint density at radius 2 is 2.07 bits per heavy atom. The van der Waals surface area contributed by atoms with Gasteiger partial charge in [0.2, 0.25) is 0 Å². The second kappa shape index (κ2) is 5.25. The van der Waals surface area contributed by atoms with E-state index < -0.39 is 17.5 Å². The van der Waals surface area contributed by atoms with Crippen LogP contribution in [0.4, 0.5) is 4.79 Å². The zero-order valence-electron chi connectivity index (χ0n) is 9.13. The first-order chi connectivity index (χ1) is 6.83. The summed E-state index contributed by atoms with van der Waals surface area (Å²) in [5.74, 6) is 1.27. The molecule has 1 atom stereocenters. The number of carbonyl (C=O) groups is 2. The van der Waals surface area contributed by atoms with Gasteiger partial charge in [0.05, 0.1) is 6.04 Å². The van der Waals surface area contributed by atoms with Gasteiger partial charge in [0.25, 0.3) is 0 Å². The maximum Gasteiger partial charge on any atom is 0.328 e. The van der Waals surface area contributed by atoms with Crippen molar-refractivity contribution in [3.63, 3.8) is 0 Å². The van der Waals surface area contributed by atoms with Crippen molar-refractivity contribution < 1.29 is 14.7 Å². The molecule has 5 heteroatoms. The van der Waals surface area contributed by atoms with E-state index in [4.69, 9.17) is 11.5 Å². The standard InChI is InChI=1S/C10H16N2O3/c1-5-7(6-2)11-9(15)12-10(3,4)8(13)14/h1,7H,6H2,2-4H3,(H,13,14)(H2,11,12,15). The molecule has 0 saturated heterocycles. The van der Waals surface area contributed by atoms with Crippen LogP contribution >= 0.6 is 0 Å². The summed E-state index contributed by atoms with van der Waals surface area (Å²) in [6, 6.07) is -0.957. The Kier molecular flexibility index (Phi) is 4.65. The first-order valence-corrected chi connectivity index (χ1v) is 4.61. The van der Waals surface area contributed by atoms with Gasteiger partial charge < -0.3 is 15.7 Å². The van der Waals surface area contributed by atoms with Crippen molar-refractivity contribution in [3.8, 4) is 12.3 Å². The van der Waals surface area contributed by atoms with Crippen LogP contribution in [0, 0.1) is 12.3 Å². The SMILES string of the molecule is C#CC(CC)NC(=O)NC(C)(C)C(=O)O. The Balaban J connectivity index is 4.27. The van der Waals surface area contributed by atoms with Gasteiger partial charge in [-0.25, -0.2) is 9.59 Å². The summed E-state index contributed by atoms with van der Waals surface area (Å²) in [7, 11) is 0. The molecule has 3 N–H and O–H groups in total. The van der Waals surface area contributed by atoms with Gasteiger partial charge >= 0.3 is 12.0 Å². The minimum atomic E-state index is -1.31. The molecule has 0 aliphatic rings. The molecule has 5 nitrogen and oxygen atoms in total. The quantitative estimate of drug-likeness (QED) is 0.596. The summed E-state index contributed by atoms with van der Waals surface area (Å²) >= 11 is 0. The number of nitrogens with one attached hydrogen (secondary N) is 2. The molecule has 0 aromatic rings. The van der Waals surface area contributed by atoms with Crippen LogP contribution in [0.15, 0.2) is 0 Å². The summed E-state index contributed by atoms with van der Waals surface area (Å²) < 4.78 is 0. The van der Waals surface area contributed by atoms with Gasteiger partial charge in [-0.2, -0.15) is 0 Å². The summed E-state index contributed by atoms with van der Waals surface area (Å²) in [6.07, 6.45) is 5.74. The van der Waals surface area contributed by atoms with Crippen LogP contribution in [0.1, 0.15) is 27.2 Å². The van der Waals surface area contributed by atoms with Crippen LogP contribution in [0.2, 0.25) is 0 Å². The monoisotopic (exact) mass is 212 g/mol. The topological polar surface area (TPSA) is 78.4 Å². The lowest BCUT2D eigenvalue weighted by atomic mass is 10.1. The normalized spacial score (nSPS) is 12.4. The third-order valence-corrected chi connectivity index (χ3v) is 1.88. The molecule has 0 fully saturated rings. The van der Waals surface area contributed by atoms with Crippen LogP contribution in [-0.2, 0) is 4.79 Å². The molecule has 84 valence electrons. The van der Waals surface area contributed by atoms with E-state index in [9.17, 15) is 9.59 Å². The Bertz CT molecular complexity index is 292. The highest BCUT2D eigenvalue weighted by Gasteiger charge is 2.29. The molecular formula is C10H16N2O3. The summed E-state index contributed by atoms with van der Waals surface area (Å²) in [5, 5.41) is 13.5. The molecular weight excluding hydrogens is 196 g/mol. The zero-order chi connectivity index (χ0) is 12.1. The molecule has 0 spiro atoms. The lowest BCUT2D eigenvalue weighted by Crippen LogP contribution is -2.54. The summed E-state index contributed by atoms with van der Waals surface area (Å²) in [4.78, 5) is 22.0. The van der Waals surface area contributed by atoms with Crippen molar-refractivity contribution in [2.75, 3.05) is 0 Å². The molecule has 0 aromatic carbocycles. The van der Waals surface area contributed by atoms with Gasteiger partial charge in [0.1, 0.15) is 5.54 Å². The second-order valence-electron chi connectivity index (χ2n) is 3.66. The molecule has 0 aliphatic carbocycles. The average molecular weight is 212 g/mol. The van der Waals surface area contributed by atoms with Crippen LogP contribution in [0.3, 0.4) is 0 Å². The minimum absolute atomic E-state index is 0.380. The van der Waals surface area contributed by atoms with Crippen LogP contribution in [0.25, 0.3) is 0 Å². The molecule has 0 radical (unpaired) electrons. The summed E-state index contributed by atoms with van der Waals surface area (Å²) in [6.45, 7) is 4.62. The highest BCUT2D eigenvalue weighted by atomic mass is 16.4. The Hall–Kier alpha value is -1.70. The van der Waals surface area contributed by atoms with E-state index >= 15 is 0 Å². The number of rotatable bonds is 4. The van der Waals surface area contributed by atoms with E-state index in [-0.39, 0.29) is 6.04 Å². The number of carbonyl (C=O) groups excluding carboxylic acids is 1. The van der Waals surface area contributed by atoms with Crippen LogP contribution in [0.5, 0.6) is 0 Å². The van der Waals surface area contributed by atoms with Gasteiger partial charge in [0, 0.05) is 0 Å². The second-order valence-corrected chi connectivity index (χ2v) is 3.66. The zero-order valence-corrected chi connectivity index (χ0v) is 9.13. The molecule has 0 bridgehead atoms. The van der Waals surface area contributed by atoms with Crippen LogP contribution < -0.4 is 10.6 Å². The fraction of sp³-hybridized carbons (Fsp3) is 0.600. The number of terminal acetylenes is 1.